The number of rotatable bonds is 6. The molecular weight excluding hydrogens is 703 g/mol. The summed E-state index contributed by atoms with van der Waals surface area (Å²) in [5.74, 6) is 0.658. The van der Waals surface area contributed by atoms with Gasteiger partial charge in [0.15, 0.2) is 0 Å². The first kappa shape index (κ1) is 32.7. The Morgan fingerprint density at radius 3 is 1.85 bits per heavy atom. The van der Waals surface area contributed by atoms with E-state index in [1.807, 2.05) is 22.7 Å². The molecule has 0 unspecified atom stereocenters. The molecule has 2 aromatic heterocycles. The zero-order chi connectivity index (χ0) is 36.3. The summed E-state index contributed by atoms with van der Waals surface area (Å²) in [6.45, 7) is 0. The highest BCUT2D eigenvalue weighted by Gasteiger charge is 2.23. The molecule has 3 heteroatoms. The molecule has 0 amide bonds. The number of hydrogen-bond acceptors (Lipinski definition) is 3. The Kier molecular flexibility index (Phi) is 8.04. The molecule has 0 bridgehead atoms. The van der Waals surface area contributed by atoms with Crippen LogP contribution in [-0.4, -0.2) is 0 Å². The van der Waals surface area contributed by atoms with Gasteiger partial charge in [-0.15, -0.1) is 22.7 Å². The lowest BCUT2D eigenvalue weighted by Gasteiger charge is -2.26. The van der Waals surface area contributed by atoms with E-state index < -0.39 is 0 Å². The molecule has 0 saturated heterocycles. The zero-order valence-corrected chi connectivity index (χ0v) is 32.2. The van der Waals surface area contributed by atoms with Crippen molar-refractivity contribution >= 4 is 90.9 Å². The van der Waals surface area contributed by atoms with Crippen LogP contribution in [0, 0.1) is 0 Å². The minimum absolute atomic E-state index is 0.658. The molecule has 0 spiro atoms. The third-order valence-corrected chi connectivity index (χ3v) is 14.3. The van der Waals surface area contributed by atoms with Crippen molar-refractivity contribution in [2.45, 2.75) is 38.0 Å². The molecule has 0 N–H and O–H groups in total. The van der Waals surface area contributed by atoms with Crippen LogP contribution in [0.4, 0.5) is 17.1 Å². The first-order chi connectivity index (χ1) is 27.3. The van der Waals surface area contributed by atoms with E-state index in [9.17, 15) is 0 Å². The summed E-state index contributed by atoms with van der Waals surface area (Å²) in [6.07, 6.45) is 6.66. The predicted molar refractivity (Wildman–Crippen MR) is 241 cm³/mol. The largest absolute Gasteiger partial charge is 0.309 e. The topological polar surface area (TPSA) is 3.24 Å². The maximum atomic E-state index is 2.48. The van der Waals surface area contributed by atoms with Crippen LogP contribution in [0.15, 0.2) is 170 Å². The lowest BCUT2D eigenvalue weighted by molar-refractivity contribution is 0.446. The van der Waals surface area contributed by atoms with Gasteiger partial charge in [-0.25, -0.2) is 0 Å². The number of anilines is 3. The average Bonchev–Trinajstić information content (AvgIpc) is 3.83. The number of benzene rings is 8. The number of nitrogens with zero attached hydrogens (tertiary/aromatic N) is 1. The van der Waals surface area contributed by atoms with Gasteiger partial charge < -0.3 is 4.90 Å². The van der Waals surface area contributed by atoms with Crippen molar-refractivity contribution < 1.29 is 0 Å². The Morgan fingerprint density at radius 1 is 0.418 bits per heavy atom. The van der Waals surface area contributed by atoms with Gasteiger partial charge in [-0.05, 0) is 106 Å². The summed E-state index contributed by atoms with van der Waals surface area (Å²) >= 11 is 3.86. The summed E-state index contributed by atoms with van der Waals surface area (Å²) in [5, 5.41) is 7.95. The maximum Gasteiger partial charge on any atom is 0.0640 e. The van der Waals surface area contributed by atoms with Gasteiger partial charge in [0.05, 0.1) is 10.4 Å². The van der Waals surface area contributed by atoms with Gasteiger partial charge in [-0.2, -0.15) is 0 Å². The van der Waals surface area contributed by atoms with Gasteiger partial charge in [0.25, 0.3) is 0 Å². The van der Waals surface area contributed by atoms with E-state index in [2.05, 4.69) is 175 Å². The summed E-state index contributed by atoms with van der Waals surface area (Å²) in [6, 6.07) is 63.4. The zero-order valence-electron chi connectivity index (χ0n) is 30.5. The molecule has 0 atom stereocenters. The molecule has 1 nitrogen and oxygen atoms in total. The Bertz CT molecular complexity index is 3010. The third kappa shape index (κ3) is 5.64. The van der Waals surface area contributed by atoms with Crippen LogP contribution < -0.4 is 4.90 Å². The van der Waals surface area contributed by atoms with E-state index in [-0.39, 0.29) is 0 Å². The second-order valence-corrected chi connectivity index (χ2v) is 17.2. The molecule has 2 heterocycles. The predicted octanol–water partition coefficient (Wildman–Crippen LogP) is 16.4. The quantitative estimate of drug-likeness (QED) is 0.164. The van der Waals surface area contributed by atoms with Crippen molar-refractivity contribution in [2.24, 2.45) is 0 Å². The van der Waals surface area contributed by atoms with E-state index in [1.54, 1.807) is 5.56 Å². The minimum atomic E-state index is 0.658. The normalized spacial score (nSPS) is 13.7. The monoisotopic (exact) mass is 741 g/mol. The second kappa shape index (κ2) is 13.5. The first-order valence-electron chi connectivity index (χ1n) is 19.6. The summed E-state index contributed by atoms with van der Waals surface area (Å²) in [5.41, 5.74) is 10.0. The van der Waals surface area contributed by atoms with Crippen molar-refractivity contribution in [3.63, 3.8) is 0 Å². The molecule has 8 aromatic carbocycles. The lowest BCUT2D eigenvalue weighted by Crippen LogP contribution is -2.10. The first-order valence-corrected chi connectivity index (χ1v) is 21.2. The Balaban J connectivity index is 1.05. The van der Waals surface area contributed by atoms with Gasteiger partial charge in [-0.3, -0.25) is 0 Å². The van der Waals surface area contributed by atoms with Gasteiger partial charge in [0, 0.05) is 47.0 Å². The summed E-state index contributed by atoms with van der Waals surface area (Å²) < 4.78 is 5.49. The fourth-order valence-corrected chi connectivity index (χ4v) is 11.6. The fourth-order valence-electron chi connectivity index (χ4n) is 9.14. The van der Waals surface area contributed by atoms with Crippen molar-refractivity contribution in [3.8, 4) is 22.3 Å². The fraction of sp³-hybridized carbons (Fsp3) is 0.115. The molecule has 264 valence electrons. The van der Waals surface area contributed by atoms with Crippen LogP contribution in [0.2, 0.25) is 0 Å². The summed E-state index contributed by atoms with van der Waals surface area (Å²) in [7, 11) is 0. The number of hydrogen-bond donors (Lipinski definition) is 0. The van der Waals surface area contributed by atoms with Crippen molar-refractivity contribution in [3.05, 3.63) is 175 Å². The maximum absolute atomic E-state index is 2.48. The summed E-state index contributed by atoms with van der Waals surface area (Å²) in [4.78, 5) is 2.48. The van der Waals surface area contributed by atoms with Crippen LogP contribution >= 0.6 is 22.7 Å². The molecule has 1 fully saturated rings. The van der Waals surface area contributed by atoms with E-state index >= 15 is 0 Å². The molecule has 11 rings (SSSR count). The van der Waals surface area contributed by atoms with Gasteiger partial charge in [0.2, 0.25) is 0 Å². The SMILES string of the molecule is c1ccc2c(-c3ccc(N(c4ccc(-c5ccc6sc7ccccc7c6c5)cc4)c4cccc5c4sc4c(C6CCCCC6)cccc45)cc3)cccc2c1. The molecule has 10 aromatic rings. The van der Waals surface area contributed by atoms with Crippen LogP contribution in [0.5, 0.6) is 0 Å². The van der Waals surface area contributed by atoms with Crippen LogP contribution in [0.3, 0.4) is 0 Å². The van der Waals surface area contributed by atoms with Gasteiger partial charge >= 0.3 is 0 Å². The lowest BCUT2D eigenvalue weighted by atomic mass is 9.84. The molecule has 1 aliphatic carbocycles. The van der Waals surface area contributed by atoms with E-state index in [0.29, 0.717) is 5.92 Å². The van der Waals surface area contributed by atoms with Crippen molar-refractivity contribution in [2.75, 3.05) is 4.90 Å². The number of fused-ring (bicyclic) bond motifs is 7. The minimum Gasteiger partial charge on any atom is -0.309 e. The second-order valence-electron chi connectivity index (χ2n) is 15.1. The van der Waals surface area contributed by atoms with Crippen LogP contribution in [-0.2, 0) is 0 Å². The highest BCUT2D eigenvalue weighted by molar-refractivity contribution is 7.26. The van der Waals surface area contributed by atoms with Gasteiger partial charge in [0.1, 0.15) is 0 Å². The Morgan fingerprint density at radius 2 is 1.04 bits per heavy atom. The molecule has 1 aliphatic rings. The third-order valence-electron chi connectivity index (χ3n) is 11.9. The van der Waals surface area contributed by atoms with Crippen LogP contribution in [0.1, 0.15) is 43.6 Å². The van der Waals surface area contributed by atoms with E-state index in [4.69, 9.17) is 0 Å². The molecule has 0 radical (unpaired) electrons. The van der Waals surface area contributed by atoms with Crippen LogP contribution in [0.25, 0.3) is 73.4 Å². The van der Waals surface area contributed by atoms with E-state index in [0.717, 1.165) is 11.4 Å². The highest BCUT2D eigenvalue weighted by atomic mass is 32.1. The highest BCUT2D eigenvalue weighted by Crippen LogP contribution is 2.48. The van der Waals surface area contributed by atoms with Gasteiger partial charge in [-0.1, -0.05) is 141 Å². The Labute approximate surface area is 329 Å². The molecule has 1 saturated carbocycles. The number of thiophene rings is 2. The Hall–Kier alpha value is -5.74. The smallest absolute Gasteiger partial charge is 0.0640 e. The standard InChI is InChI=1S/C52H39NS2/c1-2-11-36(12-3-1)43-18-9-19-45-46-20-10-21-48(52(46)55-51(43)45)53(40-30-25-37(26-31-40)42-17-8-14-35-13-4-5-15-41(35)42)39-28-23-34(24-29-39)38-27-32-50-47(33-38)44-16-6-7-22-49(44)54-50/h4-10,13-33,36H,1-3,11-12H2. The van der Waals surface area contributed by atoms with Crippen molar-refractivity contribution in [1.29, 1.82) is 0 Å². The van der Waals surface area contributed by atoms with Crippen molar-refractivity contribution in [1.82, 2.24) is 0 Å². The molecule has 0 aliphatic heterocycles. The molecular formula is C52H39NS2. The molecule has 55 heavy (non-hydrogen) atoms. The average molecular weight is 742 g/mol. The van der Waals surface area contributed by atoms with E-state index in [1.165, 1.54) is 111 Å².